The summed E-state index contributed by atoms with van der Waals surface area (Å²) in [6.07, 6.45) is 0. The summed E-state index contributed by atoms with van der Waals surface area (Å²) in [5, 5.41) is 2.42. The fourth-order valence-corrected chi connectivity index (χ4v) is 1.67. The molecule has 0 spiro atoms. The number of aryl methyl sites for hydroxylation is 2. The minimum atomic E-state index is -0.794. The van der Waals surface area contributed by atoms with Crippen molar-refractivity contribution >= 4 is 11.6 Å². The third kappa shape index (κ3) is 3.75. The van der Waals surface area contributed by atoms with Gasteiger partial charge in [-0.1, -0.05) is 6.07 Å². The molecule has 0 radical (unpaired) electrons. The maximum absolute atomic E-state index is 13.4. The number of carbonyl (C=O) groups excluding carboxylic acids is 1. The van der Waals surface area contributed by atoms with Crippen LogP contribution in [0.15, 0.2) is 36.4 Å². The summed E-state index contributed by atoms with van der Waals surface area (Å²) in [4.78, 5) is 11.9. The van der Waals surface area contributed by atoms with Crippen molar-refractivity contribution in [3.63, 3.8) is 0 Å². The number of halogens is 2. The summed E-state index contributed by atoms with van der Waals surface area (Å²) in [7, 11) is 0. The minimum absolute atomic E-state index is 0. The predicted octanol–water partition coefficient (Wildman–Crippen LogP) is 3.83. The second-order valence-electron chi connectivity index (χ2n) is 4.38. The number of carbonyl (C=O) groups is 1. The van der Waals surface area contributed by atoms with Crippen molar-refractivity contribution < 1.29 is 35.3 Å². The number of hydrogen-bond acceptors (Lipinski definition) is 1. The van der Waals surface area contributed by atoms with Gasteiger partial charge in [-0.05, 0) is 49.2 Å². The summed E-state index contributed by atoms with van der Waals surface area (Å²) in [5.74, 6) is -1.90. The Labute approximate surface area is 131 Å². The van der Waals surface area contributed by atoms with E-state index >= 15 is 0 Å². The van der Waals surface area contributed by atoms with Crippen LogP contribution in [0.25, 0.3) is 0 Å². The quantitative estimate of drug-likeness (QED) is 0.839. The van der Waals surface area contributed by atoms with Crippen molar-refractivity contribution in [2.24, 2.45) is 0 Å². The zero-order chi connectivity index (χ0) is 14.0. The molecule has 0 saturated heterocycles. The van der Waals surface area contributed by atoms with Gasteiger partial charge in [-0.2, -0.15) is 0 Å². The summed E-state index contributed by atoms with van der Waals surface area (Å²) >= 11 is 0. The molecule has 0 aliphatic heterocycles. The molecule has 1 amide bonds. The molecule has 20 heavy (non-hydrogen) atoms. The van der Waals surface area contributed by atoms with Gasteiger partial charge in [0.15, 0.2) is 0 Å². The van der Waals surface area contributed by atoms with E-state index in [0.717, 1.165) is 23.3 Å². The van der Waals surface area contributed by atoms with Gasteiger partial charge in [0.2, 0.25) is 0 Å². The van der Waals surface area contributed by atoms with Gasteiger partial charge in [0.05, 0.1) is 5.69 Å². The number of nitrogens with one attached hydrogen (secondary N) is 1. The molecule has 0 unspecified atom stereocenters. The first-order valence-electron chi connectivity index (χ1n) is 5.81. The fourth-order valence-electron chi connectivity index (χ4n) is 1.67. The van der Waals surface area contributed by atoms with Gasteiger partial charge in [-0.3, -0.25) is 4.79 Å². The van der Waals surface area contributed by atoms with Crippen molar-refractivity contribution in [3.05, 3.63) is 64.7 Å². The van der Waals surface area contributed by atoms with E-state index in [4.69, 9.17) is 0 Å². The Morgan fingerprint density at radius 3 is 2.30 bits per heavy atom. The molecule has 2 rings (SSSR count). The van der Waals surface area contributed by atoms with Crippen LogP contribution in [0.2, 0.25) is 0 Å². The predicted molar refractivity (Wildman–Crippen MR) is 70.2 cm³/mol. The van der Waals surface area contributed by atoms with Crippen LogP contribution in [0.3, 0.4) is 0 Å². The van der Waals surface area contributed by atoms with Crippen molar-refractivity contribution in [2.45, 2.75) is 13.8 Å². The average Bonchev–Trinajstić information content (AvgIpc) is 2.36. The summed E-state index contributed by atoms with van der Waals surface area (Å²) < 4.78 is 26.2. The fraction of sp³-hybridized carbons (Fsp3) is 0.133. The molecule has 2 aromatic carbocycles. The maximum Gasteiger partial charge on any atom is 0.255 e. The second-order valence-corrected chi connectivity index (χ2v) is 4.38. The first kappa shape index (κ1) is 16.5. The van der Waals surface area contributed by atoms with E-state index in [9.17, 15) is 13.6 Å². The summed E-state index contributed by atoms with van der Waals surface area (Å²) in [6, 6.07) is 8.25. The van der Waals surface area contributed by atoms with Gasteiger partial charge < -0.3 is 5.32 Å². The van der Waals surface area contributed by atoms with Crippen molar-refractivity contribution in [1.82, 2.24) is 0 Å². The molecule has 0 fully saturated rings. The summed E-state index contributed by atoms with van der Waals surface area (Å²) in [5.41, 5.74) is 2.45. The van der Waals surface area contributed by atoms with Gasteiger partial charge >= 0.3 is 0 Å². The van der Waals surface area contributed by atoms with Crippen LogP contribution in [0.5, 0.6) is 0 Å². The molecular formula is C15H13F2NOTi. The Morgan fingerprint density at radius 2 is 1.70 bits per heavy atom. The maximum atomic E-state index is 13.4. The van der Waals surface area contributed by atoms with Crippen LogP contribution >= 0.6 is 0 Å². The molecule has 0 aromatic heterocycles. The molecule has 2 aromatic rings. The monoisotopic (exact) mass is 309 g/mol. The SMILES string of the molecule is Cc1ccc(C(=O)Nc2ccc(F)cc2F)cc1C.[Ti]. The molecule has 0 bridgehead atoms. The zero-order valence-electron chi connectivity index (χ0n) is 11.1. The topological polar surface area (TPSA) is 29.1 Å². The van der Waals surface area contributed by atoms with Gasteiger partial charge in [-0.25, -0.2) is 8.78 Å². The van der Waals surface area contributed by atoms with E-state index in [1.807, 2.05) is 19.9 Å². The Bertz CT molecular complexity index is 644. The minimum Gasteiger partial charge on any atom is -0.319 e. The van der Waals surface area contributed by atoms with Crippen LogP contribution in [0.1, 0.15) is 21.5 Å². The third-order valence-electron chi connectivity index (χ3n) is 2.95. The number of hydrogen-bond donors (Lipinski definition) is 1. The second kappa shape index (κ2) is 6.77. The van der Waals surface area contributed by atoms with E-state index in [1.54, 1.807) is 12.1 Å². The van der Waals surface area contributed by atoms with E-state index in [-0.39, 0.29) is 27.4 Å². The number of amides is 1. The molecule has 1 N–H and O–H groups in total. The first-order valence-corrected chi connectivity index (χ1v) is 5.81. The van der Waals surface area contributed by atoms with Crippen LogP contribution in [0.4, 0.5) is 14.5 Å². The third-order valence-corrected chi connectivity index (χ3v) is 2.95. The smallest absolute Gasteiger partial charge is 0.255 e. The molecule has 0 saturated carbocycles. The normalized spacial score (nSPS) is 9.80. The van der Waals surface area contributed by atoms with Crippen LogP contribution < -0.4 is 5.32 Å². The average molecular weight is 309 g/mol. The van der Waals surface area contributed by atoms with Gasteiger partial charge in [0, 0.05) is 33.3 Å². The molecule has 102 valence electrons. The van der Waals surface area contributed by atoms with Crippen molar-refractivity contribution in [1.29, 1.82) is 0 Å². The van der Waals surface area contributed by atoms with E-state index in [2.05, 4.69) is 5.32 Å². The molecule has 0 atom stereocenters. The molecular weight excluding hydrogens is 296 g/mol. The van der Waals surface area contributed by atoms with Gasteiger partial charge in [-0.15, -0.1) is 0 Å². The molecule has 5 heteroatoms. The Kier molecular flexibility index (Phi) is 5.60. The molecule has 0 heterocycles. The largest absolute Gasteiger partial charge is 0.319 e. The Hall–Kier alpha value is -1.52. The number of rotatable bonds is 2. The van der Waals surface area contributed by atoms with E-state index < -0.39 is 17.5 Å². The number of anilines is 1. The summed E-state index contributed by atoms with van der Waals surface area (Å²) in [6.45, 7) is 3.83. The van der Waals surface area contributed by atoms with Crippen molar-refractivity contribution in [2.75, 3.05) is 5.32 Å². The van der Waals surface area contributed by atoms with Crippen LogP contribution in [0, 0.1) is 25.5 Å². The van der Waals surface area contributed by atoms with E-state index in [1.165, 1.54) is 6.07 Å². The first-order chi connectivity index (χ1) is 8.97. The van der Waals surface area contributed by atoms with Crippen molar-refractivity contribution in [3.8, 4) is 0 Å². The molecule has 0 aliphatic carbocycles. The standard InChI is InChI=1S/C15H13F2NO.Ti/c1-9-3-4-11(7-10(9)2)15(19)18-14-6-5-12(16)8-13(14)17;/h3-8H,1-2H3,(H,18,19);. The zero-order valence-corrected chi connectivity index (χ0v) is 12.7. The van der Waals surface area contributed by atoms with Crippen LogP contribution in [-0.4, -0.2) is 5.91 Å². The Balaban J connectivity index is 0.00000200. The van der Waals surface area contributed by atoms with Gasteiger partial charge in [0.1, 0.15) is 11.6 Å². The number of benzene rings is 2. The van der Waals surface area contributed by atoms with Gasteiger partial charge in [0.25, 0.3) is 5.91 Å². The van der Waals surface area contributed by atoms with E-state index in [0.29, 0.717) is 5.56 Å². The Morgan fingerprint density at radius 1 is 1.00 bits per heavy atom. The molecule has 0 aliphatic rings. The van der Waals surface area contributed by atoms with Crippen LogP contribution in [-0.2, 0) is 21.7 Å². The molecule has 2 nitrogen and oxygen atoms in total.